The fourth-order valence-electron chi connectivity index (χ4n) is 2.72. The predicted octanol–water partition coefficient (Wildman–Crippen LogP) is 2.40. The molecule has 1 aromatic carbocycles. The van der Waals surface area contributed by atoms with Crippen LogP contribution in [0.1, 0.15) is 38.7 Å². The molecule has 112 valence electrons. The molecule has 0 atom stereocenters. The normalized spacial score (nSPS) is 18.4. The molecule has 0 amide bonds. The van der Waals surface area contributed by atoms with Crippen LogP contribution in [0.3, 0.4) is 0 Å². The minimum atomic E-state index is -0.555. The molecule has 1 fully saturated rings. The van der Waals surface area contributed by atoms with Crippen molar-refractivity contribution in [3.63, 3.8) is 0 Å². The Morgan fingerprint density at radius 1 is 1.20 bits per heavy atom. The fourth-order valence-corrected chi connectivity index (χ4v) is 2.72. The van der Waals surface area contributed by atoms with Crippen molar-refractivity contribution in [2.24, 2.45) is 0 Å². The Hall–Kier alpha value is -0.900. The maximum atomic E-state index is 9.71. The van der Waals surface area contributed by atoms with E-state index in [2.05, 4.69) is 40.5 Å². The Morgan fingerprint density at radius 2 is 1.85 bits per heavy atom. The molecule has 0 aromatic heterocycles. The second kappa shape index (κ2) is 7.21. The summed E-state index contributed by atoms with van der Waals surface area (Å²) in [5, 5.41) is 13.3. The third-order valence-corrected chi connectivity index (χ3v) is 4.01. The van der Waals surface area contributed by atoms with E-state index in [4.69, 9.17) is 0 Å². The van der Waals surface area contributed by atoms with Crippen LogP contribution in [-0.2, 0) is 6.54 Å². The Labute approximate surface area is 123 Å². The average molecular weight is 276 g/mol. The first-order chi connectivity index (χ1) is 9.53. The first kappa shape index (κ1) is 15.5. The van der Waals surface area contributed by atoms with Gasteiger partial charge in [0.2, 0.25) is 0 Å². The van der Waals surface area contributed by atoms with Crippen LogP contribution in [0.5, 0.6) is 0 Å². The summed E-state index contributed by atoms with van der Waals surface area (Å²) in [6, 6.07) is 11.3. The summed E-state index contributed by atoms with van der Waals surface area (Å²) in [7, 11) is 0. The topological polar surface area (TPSA) is 35.5 Å². The van der Waals surface area contributed by atoms with Gasteiger partial charge in [0.1, 0.15) is 0 Å². The van der Waals surface area contributed by atoms with Gasteiger partial charge >= 0.3 is 0 Å². The van der Waals surface area contributed by atoms with E-state index >= 15 is 0 Å². The molecule has 0 radical (unpaired) electrons. The molecular formula is C17H28N2O. The summed E-state index contributed by atoms with van der Waals surface area (Å²) in [4.78, 5) is 2.53. The number of likely N-dealkylation sites (tertiary alicyclic amines) is 1. The van der Waals surface area contributed by atoms with E-state index in [0.29, 0.717) is 6.04 Å². The molecule has 0 aliphatic carbocycles. The first-order valence-electron chi connectivity index (χ1n) is 7.75. The van der Waals surface area contributed by atoms with Crippen LogP contribution in [-0.4, -0.2) is 41.3 Å². The zero-order chi connectivity index (χ0) is 14.4. The molecule has 3 heteroatoms. The molecule has 1 aromatic rings. The number of hydrogen-bond acceptors (Lipinski definition) is 3. The molecule has 2 rings (SSSR count). The van der Waals surface area contributed by atoms with Crippen LogP contribution in [0.2, 0.25) is 0 Å². The minimum Gasteiger partial charge on any atom is -0.390 e. The van der Waals surface area contributed by atoms with Crippen LogP contribution >= 0.6 is 0 Å². The third kappa shape index (κ3) is 5.61. The van der Waals surface area contributed by atoms with Crippen LogP contribution in [0.15, 0.2) is 30.3 Å². The van der Waals surface area contributed by atoms with Crippen molar-refractivity contribution < 1.29 is 5.11 Å². The van der Waals surface area contributed by atoms with Crippen molar-refractivity contribution >= 4 is 0 Å². The van der Waals surface area contributed by atoms with E-state index in [1.54, 1.807) is 0 Å². The van der Waals surface area contributed by atoms with E-state index in [-0.39, 0.29) is 0 Å². The number of piperidine rings is 1. The SMILES string of the molecule is CC(C)(O)CCNC1CCN(Cc2ccccc2)CC1. The lowest BCUT2D eigenvalue weighted by molar-refractivity contribution is 0.0691. The van der Waals surface area contributed by atoms with Crippen molar-refractivity contribution in [2.75, 3.05) is 19.6 Å². The molecule has 0 spiro atoms. The molecule has 0 saturated carbocycles. The summed E-state index contributed by atoms with van der Waals surface area (Å²) in [5.41, 5.74) is 0.849. The lowest BCUT2D eigenvalue weighted by atomic mass is 10.0. The van der Waals surface area contributed by atoms with Gasteiger partial charge in [0.05, 0.1) is 5.60 Å². The number of benzene rings is 1. The highest BCUT2D eigenvalue weighted by Crippen LogP contribution is 2.14. The summed E-state index contributed by atoms with van der Waals surface area (Å²) < 4.78 is 0. The van der Waals surface area contributed by atoms with Gasteiger partial charge in [-0.1, -0.05) is 30.3 Å². The maximum absolute atomic E-state index is 9.71. The fraction of sp³-hybridized carbons (Fsp3) is 0.647. The van der Waals surface area contributed by atoms with Gasteiger partial charge in [-0.05, 0) is 58.3 Å². The molecule has 1 aliphatic rings. The quantitative estimate of drug-likeness (QED) is 0.837. The van der Waals surface area contributed by atoms with Gasteiger partial charge in [0.15, 0.2) is 0 Å². The van der Waals surface area contributed by atoms with Crippen molar-refractivity contribution in [1.82, 2.24) is 10.2 Å². The van der Waals surface area contributed by atoms with Crippen molar-refractivity contribution in [2.45, 2.75) is 51.3 Å². The number of nitrogens with zero attached hydrogens (tertiary/aromatic N) is 1. The number of aliphatic hydroxyl groups is 1. The largest absolute Gasteiger partial charge is 0.390 e. The van der Waals surface area contributed by atoms with Crippen LogP contribution in [0.25, 0.3) is 0 Å². The van der Waals surface area contributed by atoms with Gasteiger partial charge in [0.25, 0.3) is 0 Å². The van der Waals surface area contributed by atoms with Gasteiger partial charge in [0, 0.05) is 12.6 Å². The summed E-state index contributed by atoms with van der Waals surface area (Å²) in [6.45, 7) is 8.04. The Bertz CT molecular complexity index is 378. The standard InChI is InChI=1S/C17H28N2O/c1-17(2,20)10-11-18-16-8-12-19(13-9-16)14-15-6-4-3-5-7-15/h3-7,16,18,20H,8-14H2,1-2H3. The summed E-state index contributed by atoms with van der Waals surface area (Å²) in [6.07, 6.45) is 3.23. The highest BCUT2D eigenvalue weighted by molar-refractivity contribution is 5.14. The third-order valence-electron chi connectivity index (χ3n) is 4.01. The van der Waals surface area contributed by atoms with E-state index in [1.807, 2.05) is 13.8 Å². The van der Waals surface area contributed by atoms with Crippen LogP contribution < -0.4 is 5.32 Å². The zero-order valence-electron chi connectivity index (χ0n) is 12.8. The van der Waals surface area contributed by atoms with E-state index in [0.717, 1.165) is 32.6 Å². The minimum absolute atomic E-state index is 0.555. The van der Waals surface area contributed by atoms with E-state index < -0.39 is 5.60 Å². The Kier molecular flexibility index (Phi) is 5.58. The van der Waals surface area contributed by atoms with Gasteiger partial charge < -0.3 is 10.4 Å². The lowest BCUT2D eigenvalue weighted by Gasteiger charge is -2.33. The van der Waals surface area contributed by atoms with Crippen molar-refractivity contribution in [3.8, 4) is 0 Å². The van der Waals surface area contributed by atoms with Gasteiger partial charge in [-0.2, -0.15) is 0 Å². The molecule has 1 aliphatic heterocycles. The van der Waals surface area contributed by atoms with Crippen LogP contribution in [0.4, 0.5) is 0 Å². The number of hydrogen-bond donors (Lipinski definition) is 2. The smallest absolute Gasteiger partial charge is 0.0603 e. The second-order valence-corrected chi connectivity index (χ2v) is 6.55. The van der Waals surface area contributed by atoms with Crippen molar-refractivity contribution in [1.29, 1.82) is 0 Å². The number of nitrogens with one attached hydrogen (secondary N) is 1. The van der Waals surface area contributed by atoms with Gasteiger partial charge in [-0.3, -0.25) is 4.90 Å². The van der Waals surface area contributed by atoms with Gasteiger partial charge in [-0.15, -0.1) is 0 Å². The van der Waals surface area contributed by atoms with Crippen LogP contribution in [0, 0.1) is 0 Å². The Balaban J connectivity index is 1.65. The molecule has 1 heterocycles. The Morgan fingerprint density at radius 3 is 2.45 bits per heavy atom. The zero-order valence-corrected chi connectivity index (χ0v) is 12.8. The second-order valence-electron chi connectivity index (χ2n) is 6.55. The summed E-state index contributed by atoms with van der Waals surface area (Å²) in [5.74, 6) is 0. The molecule has 2 N–H and O–H groups in total. The average Bonchev–Trinajstić information content (AvgIpc) is 2.41. The molecule has 0 bridgehead atoms. The molecule has 1 saturated heterocycles. The first-order valence-corrected chi connectivity index (χ1v) is 7.75. The monoisotopic (exact) mass is 276 g/mol. The number of rotatable bonds is 6. The highest BCUT2D eigenvalue weighted by Gasteiger charge is 2.19. The summed E-state index contributed by atoms with van der Waals surface area (Å²) >= 11 is 0. The predicted molar refractivity (Wildman–Crippen MR) is 83.7 cm³/mol. The molecular weight excluding hydrogens is 248 g/mol. The maximum Gasteiger partial charge on any atom is 0.0603 e. The van der Waals surface area contributed by atoms with E-state index in [9.17, 15) is 5.11 Å². The van der Waals surface area contributed by atoms with Crippen molar-refractivity contribution in [3.05, 3.63) is 35.9 Å². The lowest BCUT2D eigenvalue weighted by Crippen LogP contribution is -2.43. The highest BCUT2D eigenvalue weighted by atomic mass is 16.3. The molecule has 0 unspecified atom stereocenters. The van der Waals surface area contributed by atoms with E-state index in [1.165, 1.54) is 18.4 Å². The molecule has 20 heavy (non-hydrogen) atoms. The van der Waals surface area contributed by atoms with Gasteiger partial charge in [-0.25, -0.2) is 0 Å². The molecule has 3 nitrogen and oxygen atoms in total.